The first kappa shape index (κ1) is 13.1. The molecule has 2 aromatic rings. The van der Waals surface area contributed by atoms with E-state index < -0.39 is 0 Å². The zero-order valence-corrected chi connectivity index (χ0v) is 13.5. The normalized spacial score (nSPS) is 10.6. The zero-order valence-electron chi connectivity index (χ0n) is 8.76. The number of hydrogen-bond donors (Lipinski definition) is 0. The lowest BCUT2D eigenvalue weighted by atomic mass is 10.1. The number of carbonyl (C=O) groups is 1. The fourth-order valence-corrected chi connectivity index (χ4v) is 3.35. The third-order valence-corrected chi connectivity index (χ3v) is 4.06. The van der Waals surface area contributed by atoms with Crippen LogP contribution in [0.2, 0.25) is 0 Å². The highest BCUT2D eigenvalue weighted by Gasteiger charge is 2.13. The van der Waals surface area contributed by atoms with Crippen LogP contribution in [0.1, 0.15) is 6.92 Å². The summed E-state index contributed by atoms with van der Waals surface area (Å²) in [4.78, 5) is 11.0. The van der Waals surface area contributed by atoms with Gasteiger partial charge in [0.15, 0.2) is 5.75 Å². The summed E-state index contributed by atoms with van der Waals surface area (Å²) in [5, 5.41) is 2.04. The van der Waals surface area contributed by atoms with Crippen LogP contribution >= 0.6 is 47.8 Å². The van der Waals surface area contributed by atoms with E-state index >= 15 is 0 Å². The molecule has 0 unspecified atom stereocenters. The standard InChI is InChI=1S/C12H7Br3O2/c1-6(16)17-12-10(14)5-7-4-8(13)2-3-9(7)11(12)15/h2-5H,1H3. The average molecular weight is 423 g/mol. The molecule has 0 aromatic heterocycles. The fourth-order valence-electron chi connectivity index (χ4n) is 1.52. The predicted octanol–water partition coefficient (Wildman–Crippen LogP) is 5.05. The van der Waals surface area contributed by atoms with Gasteiger partial charge in [0, 0.05) is 11.4 Å². The minimum Gasteiger partial charge on any atom is -0.424 e. The van der Waals surface area contributed by atoms with Gasteiger partial charge in [-0.05, 0) is 60.8 Å². The molecule has 2 rings (SSSR count). The van der Waals surface area contributed by atoms with Crippen molar-refractivity contribution in [2.24, 2.45) is 0 Å². The van der Waals surface area contributed by atoms with Crippen LogP contribution in [-0.4, -0.2) is 5.97 Å². The molecule has 0 spiro atoms. The van der Waals surface area contributed by atoms with Crippen molar-refractivity contribution in [3.8, 4) is 5.75 Å². The number of carbonyl (C=O) groups excluding carboxylic acids is 1. The summed E-state index contributed by atoms with van der Waals surface area (Å²) >= 11 is 10.3. The summed E-state index contributed by atoms with van der Waals surface area (Å²) in [6.07, 6.45) is 0. The number of rotatable bonds is 1. The predicted molar refractivity (Wildman–Crippen MR) is 78.4 cm³/mol. The van der Waals surface area contributed by atoms with Gasteiger partial charge in [-0.3, -0.25) is 4.79 Å². The maximum atomic E-state index is 11.0. The molecule has 2 nitrogen and oxygen atoms in total. The van der Waals surface area contributed by atoms with Gasteiger partial charge in [-0.1, -0.05) is 22.0 Å². The van der Waals surface area contributed by atoms with Crippen molar-refractivity contribution in [3.05, 3.63) is 37.7 Å². The van der Waals surface area contributed by atoms with E-state index in [1.807, 2.05) is 24.3 Å². The maximum absolute atomic E-state index is 11.0. The largest absolute Gasteiger partial charge is 0.424 e. The lowest BCUT2D eigenvalue weighted by Crippen LogP contribution is -2.02. The van der Waals surface area contributed by atoms with Gasteiger partial charge in [0.25, 0.3) is 0 Å². The molecule has 0 fully saturated rings. The van der Waals surface area contributed by atoms with Crippen LogP contribution in [0.5, 0.6) is 5.75 Å². The molecule has 0 bridgehead atoms. The van der Waals surface area contributed by atoms with E-state index in [-0.39, 0.29) is 5.97 Å². The highest BCUT2D eigenvalue weighted by Crippen LogP contribution is 2.40. The Morgan fingerprint density at radius 1 is 1.18 bits per heavy atom. The van der Waals surface area contributed by atoms with E-state index in [9.17, 15) is 4.79 Å². The van der Waals surface area contributed by atoms with E-state index in [4.69, 9.17) is 4.74 Å². The summed E-state index contributed by atoms with van der Waals surface area (Å²) in [6.45, 7) is 1.38. The van der Waals surface area contributed by atoms with E-state index in [1.54, 1.807) is 0 Å². The molecule has 0 heterocycles. The fraction of sp³-hybridized carbons (Fsp3) is 0.0833. The number of esters is 1. The third kappa shape index (κ3) is 2.72. The smallest absolute Gasteiger partial charge is 0.308 e. The van der Waals surface area contributed by atoms with Crippen LogP contribution in [0.4, 0.5) is 0 Å². The average Bonchev–Trinajstić information content (AvgIpc) is 2.23. The van der Waals surface area contributed by atoms with Crippen LogP contribution in [0.15, 0.2) is 37.7 Å². The molecule has 0 N–H and O–H groups in total. The lowest BCUT2D eigenvalue weighted by Gasteiger charge is -2.10. The van der Waals surface area contributed by atoms with Crippen LogP contribution in [0, 0.1) is 0 Å². The topological polar surface area (TPSA) is 26.3 Å². The zero-order chi connectivity index (χ0) is 12.6. The van der Waals surface area contributed by atoms with Crippen LogP contribution in [0.3, 0.4) is 0 Å². The molecule has 0 amide bonds. The molecule has 2 aromatic carbocycles. The van der Waals surface area contributed by atoms with Crippen molar-refractivity contribution in [1.82, 2.24) is 0 Å². The minimum absolute atomic E-state index is 0.345. The summed E-state index contributed by atoms with van der Waals surface area (Å²) in [6, 6.07) is 7.83. The number of hydrogen-bond acceptors (Lipinski definition) is 2. The summed E-state index contributed by atoms with van der Waals surface area (Å²) in [7, 11) is 0. The van der Waals surface area contributed by atoms with Crippen molar-refractivity contribution in [2.75, 3.05) is 0 Å². The summed E-state index contributed by atoms with van der Waals surface area (Å²) < 4.78 is 7.68. The Labute approximate surface area is 124 Å². The van der Waals surface area contributed by atoms with Gasteiger partial charge in [0.2, 0.25) is 0 Å². The maximum Gasteiger partial charge on any atom is 0.308 e. The monoisotopic (exact) mass is 420 g/mol. The number of halogens is 3. The highest BCUT2D eigenvalue weighted by atomic mass is 79.9. The molecule has 0 saturated carbocycles. The molecule has 17 heavy (non-hydrogen) atoms. The van der Waals surface area contributed by atoms with Crippen molar-refractivity contribution < 1.29 is 9.53 Å². The van der Waals surface area contributed by atoms with Gasteiger partial charge < -0.3 is 4.74 Å². The Hall–Kier alpha value is -0.390. The molecule has 0 radical (unpaired) electrons. The Morgan fingerprint density at radius 2 is 1.88 bits per heavy atom. The second-order valence-corrected chi connectivity index (χ2v) is 6.02. The van der Waals surface area contributed by atoms with Gasteiger partial charge in [-0.25, -0.2) is 0 Å². The Balaban J connectivity index is 2.71. The first-order valence-corrected chi connectivity index (χ1v) is 7.12. The Bertz CT molecular complexity index is 608. The van der Waals surface area contributed by atoms with E-state index in [1.165, 1.54) is 6.92 Å². The second-order valence-electron chi connectivity index (χ2n) is 3.46. The van der Waals surface area contributed by atoms with Gasteiger partial charge in [-0.15, -0.1) is 0 Å². The third-order valence-electron chi connectivity index (χ3n) is 2.19. The first-order chi connectivity index (χ1) is 7.99. The Morgan fingerprint density at radius 3 is 2.53 bits per heavy atom. The van der Waals surface area contributed by atoms with Crippen molar-refractivity contribution >= 4 is 64.5 Å². The van der Waals surface area contributed by atoms with Crippen LogP contribution in [-0.2, 0) is 4.79 Å². The molecule has 88 valence electrons. The molecular weight excluding hydrogens is 416 g/mol. The van der Waals surface area contributed by atoms with Gasteiger partial charge in [0.1, 0.15) is 0 Å². The summed E-state index contributed by atoms with van der Waals surface area (Å²) in [5.41, 5.74) is 0. The van der Waals surface area contributed by atoms with E-state index in [0.717, 1.165) is 24.2 Å². The molecular formula is C12H7Br3O2. The van der Waals surface area contributed by atoms with Crippen molar-refractivity contribution in [2.45, 2.75) is 6.92 Å². The SMILES string of the molecule is CC(=O)Oc1c(Br)cc2cc(Br)ccc2c1Br. The number of ether oxygens (including phenoxy) is 1. The minimum atomic E-state index is -0.345. The molecule has 0 aliphatic carbocycles. The first-order valence-electron chi connectivity index (χ1n) is 4.74. The lowest BCUT2D eigenvalue weighted by molar-refractivity contribution is -0.131. The van der Waals surface area contributed by atoms with Gasteiger partial charge in [0.05, 0.1) is 8.95 Å². The molecule has 0 aliphatic rings. The van der Waals surface area contributed by atoms with Crippen LogP contribution in [0.25, 0.3) is 10.8 Å². The van der Waals surface area contributed by atoms with Gasteiger partial charge in [-0.2, -0.15) is 0 Å². The van der Waals surface area contributed by atoms with Crippen molar-refractivity contribution in [1.29, 1.82) is 0 Å². The molecule has 0 atom stereocenters. The highest BCUT2D eigenvalue weighted by molar-refractivity contribution is 9.11. The van der Waals surface area contributed by atoms with Crippen molar-refractivity contribution in [3.63, 3.8) is 0 Å². The summed E-state index contributed by atoms with van der Waals surface area (Å²) in [5.74, 6) is 0.162. The van der Waals surface area contributed by atoms with Crippen LogP contribution < -0.4 is 4.74 Å². The number of fused-ring (bicyclic) bond motifs is 1. The second kappa shape index (κ2) is 5.08. The Kier molecular flexibility index (Phi) is 3.90. The molecule has 0 aliphatic heterocycles. The molecule has 0 saturated heterocycles. The number of benzene rings is 2. The molecule has 5 heteroatoms. The van der Waals surface area contributed by atoms with Gasteiger partial charge >= 0.3 is 5.97 Å². The quantitative estimate of drug-likeness (QED) is 0.474. The van der Waals surface area contributed by atoms with E-state index in [2.05, 4.69) is 47.8 Å². The van der Waals surface area contributed by atoms with E-state index in [0.29, 0.717) is 5.75 Å².